The van der Waals surface area contributed by atoms with E-state index in [9.17, 15) is 19.2 Å². The Hall–Kier alpha value is -1.16. The summed E-state index contributed by atoms with van der Waals surface area (Å²) >= 11 is 19.1. The van der Waals surface area contributed by atoms with Gasteiger partial charge >= 0.3 is 5.97 Å². The maximum Gasteiger partial charge on any atom is 0.308 e. The minimum atomic E-state index is -0.676. The zero-order chi connectivity index (χ0) is 22.4. The van der Waals surface area contributed by atoms with E-state index in [0.29, 0.717) is 15.7 Å². The Bertz CT molecular complexity index is 929. The van der Waals surface area contributed by atoms with Crippen LogP contribution in [-0.2, 0) is 23.9 Å². The third kappa shape index (κ3) is 4.26. The molecule has 3 aliphatic rings. The number of hydrogen-bond donors (Lipinski definition) is 1. The van der Waals surface area contributed by atoms with Crippen LogP contribution in [0.5, 0.6) is 0 Å². The second kappa shape index (κ2) is 9.00. The number of ether oxygens (including phenoxy) is 1. The molecule has 1 heterocycles. The number of amides is 3. The van der Waals surface area contributed by atoms with Crippen molar-refractivity contribution in [3.05, 3.63) is 28.2 Å². The fourth-order valence-electron chi connectivity index (χ4n) is 4.83. The molecule has 0 aromatic heterocycles. The molecule has 2 aliphatic carbocycles. The first kappa shape index (κ1) is 23.0. The Morgan fingerprint density at radius 2 is 1.71 bits per heavy atom. The van der Waals surface area contributed by atoms with E-state index in [-0.39, 0.29) is 58.1 Å². The van der Waals surface area contributed by atoms with Crippen molar-refractivity contribution in [3.63, 3.8) is 0 Å². The lowest BCUT2D eigenvalue weighted by atomic mass is 9.81. The van der Waals surface area contributed by atoms with Crippen LogP contribution in [0.2, 0.25) is 10.0 Å². The molecule has 11 heteroatoms. The van der Waals surface area contributed by atoms with Crippen molar-refractivity contribution in [1.29, 1.82) is 0 Å². The van der Waals surface area contributed by atoms with Gasteiger partial charge in [0, 0.05) is 21.2 Å². The van der Waals surface area contributed by atoms with Crippen molar-refractivity contribution in [1.82, 2.24) is 4.90 Å². The second-order valence-corrected chi connectivity index (χ2v) is 10.9. The molecule has 7 nitrogen and oxygen atoms in total. The summed E-state index contributed by atoms with van der Waals surface area (Å²) in [5, 5.41) is 3.20. The number of nitrogens with one attached hydrogen (secondary N) is 1. The molecule has 1 N–H and O–H groups in total. The van der Waals surface area contributed by atoms with Crippen LogP contribution in [0.1, 0.15) is 12.8 Å². The molecule has 2 bridgehead atoms. The molecule has 1 saturated heterocycles. The molecule has 0 radical (unpaired) electrons. The van der Waals surface area contributed by atoms with Gasteiger partial charge in [-0.25, -0.2) is 0 Å². The lowest BCUT2D eigenvalue weighted by molar-refractivity contribution is -0.149. The van der Waals surface area contributed by atoms with Crippen LogP contribution in [0, 0.1) is 23.7 Å². The molecule has 31 heavy (non-hydrogen) atoms. The molecule has 3 amide bonds. The molecule has 166 valence electrons. The van der Waals surface area contributed by atoms with E-state index >= 15 is 0 Å². The molecule has 1 aromatic rings. The number of fused-ring (bicyclic) bond motifs is 5. The fourth-order valence-corrected chi connectivity index (χ4v) is 7.04. The Morgan fingerprint density at radius 1 is 1.10 bits per heavy atom. The molecule has 6 atom stereocenters. The monoisotopic (exact) mass is 594 g/mol. The number of alkyl halides is 2. The Kier molecular flexibility index (Phi) is 6.68. The summed E-state index contributed by atoms with van der Waals surface area (Å²) in [6.07, 6.45) is 0.674. The van der Waals surface area contributed by atoms with Crippen molar-refractivity contribution >= 4 is 84.4 Å². The average molecular weight is 597 g/mol. The number of imide groups is 1. The lowest BCUT2D eigenvalue weighted by Gasteiger charge is -2.28. The van der Waals surface area contributed by atoms with Crippen LogP contribution in [0.3, 0.4) is 0 Å². The van der Waals surface area contributed by atoms with Crippen LogP contribution in [0.25, 0.3) is 0 Å². The predicted octanol–water partition coefficient (Wildman–Crippen LogP) is 3.64. The van der Waals surface area contributed by atoms with Crippen molar-refractivity contribution in [2.75, 3.05) is 18.5 Å². The average Bonchev–Trinajstić information content (AvgIpc) is 3.33. The van der Waals surface area contributed by atoms with Gasteiger partial charge in [0.2, 0.25) is 11.8 Å². The summed E-state index contributed by atoms with van der Waals surface area (Å²) in [5.41, 5.74) is 0.305. The third-order valence-electron chi connectivity index (χ3n) is 6.18. The highest BCUT2D eigenvalue weighted by molar-refractivity contribution is 9.12. The number of anilines is 1. The summed E-state index contributed by atoms with van der Waals surface area (Å²) in [5.74, 6) is -2.09. The van der Waals surface area contributed by atoms with Gasteiger partial charge in [0.1, 0.15) is 0 Å². The van der Waals surface area contributed by atoms with E-state index in [0.717, 1.165) is 6.42 Å². The van der Waals surface area contributed by atoms with Gasteiger partial charge in [-0.3, -0.25) is 24.1 Å². The maximum atomic E-state index is 12.8. The first-order chi connectivity index (χ1) is 14.7. The van der Waals surface area contributed by atoms with E-state index in [1.54, 1.807) is 6.07 Å². The van der Waals surface area contributed by atoms with Crippen LogP contribution in [0.15, 0.2) is 18.2 Å². The number of hydrogen-bond acceptors (Lipinski definition) is 5. The smallest absolute Gasteiger partial charge is 0.308 e. The van der Waals surface area contributed by atoms with E-state index in [4.69, 9.17) is 27.9 Å². The van der Waals surface area contributed by atoms with Crippen LogP contribution >= 0.6 is 55.1 Å². The summed E-state index contributed by atoms with van der Waals surface area (Å²) in [6.45, 7) is -0.569. The van der Waals surface area contributed by atoms with Gasteiger partial charge in [0.05, 0.1) is 29.0 Å². The molecular weight excluding hydrogens is 579 g/mol. The number of esters is 1. The largest absolute Gasteiger partial charge is 0.456 e. The molecule has 1 aliphatic heterocycles. The maximum absolute atomic E-state index is 12.8. The fraction of sp³-hybridized carbons (Fsp3) is 0.500. The van der Waals surface area contributed by atoms with E-state index < -0.39 is 18.5 Å². The Labute approximate surface area is 205 Å². The molecule has 0 spiro atoms. The second-order valence-electron chi connectivity index (χ2n) is 7.91. The van der Waals surface area contributed by atoms with Gasteiger partial charge in [0.25, 0.3) is 5.91 Å². The number of carbonyl (C=O) groups excluding carboxylic acids is 4. The number of nitrogens with zero attached hydrogens (tertiary/aromatic N) is 1. The quantitative estimate of drug-likeness (QED) is 0.308. The zero-order valence-electron chi connectivity index (χ0n) is 16.0. The summed E-state index contributed by atoms with van der Waals surface area (Å²) in [6, 6.07) is 4.59. The third-order valence-corrected chi connectivity index (χ3v) is 9.96. The standard InChI is InChI=1S/C20H18Br2Cl2N2O5/c21-17-9-6-10(18(17)22)16-15(9)19(29)26(20(16)30)4-3-14(28)31-7-13(27)25-12-5-8(23)1-2-11(12)24/h1-2,5,9-10,15-18H,3-4,6-7H2,(H,25,27)/t9-,10-,15-,16-,17+,18+/m1/s1. The number of halogens is 4. The van der Waals surface area contributed by atoms with Crippen molar-refractivity contribution in [2.45, 2.75) is 22.5 Å². The van der Waals surface area contributed by atoms with Gasteiger partial charge in [0.15, 0.2) is 6.61 Å². The lowest BCUT2D eigenvalue weighted by Crippen LogP contribution is -2.37. The molecule has 2 saturated carbocycles. The summed E-state index contributed by atoms with van der Waals surface area (Å²) < 4.78 is 4.97. The SMILES string of the molecule is O=C(COC(=O)CCN1C(=O)[C@@H]2[C@H]3C[C@@H]([C@H](Br)[C@H]3Br)[C@H]2C1=O)Nc1cc(Cl)ccc1Cl. The van der Waals surface area contributed by atoms with Crippen molar-refractivity contribution in [3.8, 4) is 0 Å². The van der Waals surface area contributed by atoms with Crippen LogP contribution < -0.4 is 5.32 Å². The van der Waals surface area contributed by atoms with Crippen LogP contribution in [-0.4, -0.2) is 51.4 Å². The van der Waals surface area contributed by atoms with E-state index in [1.165, 1.54) is 17.0 Å². The molecule has 1 aromatic carbocycles. The number of benzene rings is 1. The molecular formula is C20H18Br2Cl2N2O5. The number of rotatable bonds is 6. The number of carbonyl (C=O) groups is 4. The first-order valence-electron chi connectivity index (χ1n) is 9.73. The highest BCUT2D eigenvalue weighted by Gasteiger charge is 2.66. The molecule has 4 rings (SSSR count). The first-order valence-corrected chi connectivity index (χ1v) is 12.3. The van der Waals surface area contributed by atoms with Crippen molar-refractivity contribution in [2.24, 2.45) is 23.7 Å². The molecule has 0 unspecified atom stereocenters. The van der Waals surface area contributed by atoms with Gasteiger partial charge in [-0.2, -0.15) is 0 Å². The highest BCUT2D eigenvalue weighted by atomic mass is 79.9. The highest BCUT2D eigenvalue weighted by Crippen LogP contribution is 2.60. The minimum absolute atomic E-state index is 0.0510. The van der Waals surface area contributed by atoms with E-state index in [2.05, 4.69) is 37.2 Å². The minimum Gasteiger partial charge on any atom is -0.456 e. The van der Waals surface area contributed by atoms with Gasteiger partial charge in [-0.15, -0.1) is 0 Å². The Balaban J connectivity index is 1.27. The normalized spacial score (nSPS) is 31.2. The molecule has 3 fully saturated rings. The van der Waals surface area contributed by atoms with Crippen molar-refractivity contribution < 1.29 is 23.9 Å². The van der Waals surface area contributed by atoms with E-state index in [1.807, 2.05) is 0 Å². The van der Waals surface area contributed by atoms with Gasteiger partial charge < -0.3 is 10.1 Å². The van der Waals surface area contributed by atoms with Crippen LogP contribution in [0.4, 0.5) is 5.69 Å². The van der Waals surface area contributed by atoms with Gasteiger partial charge in [-0.05, 0) is 36.5 Å². The number of likely N-dealkylation sites (tertiary alicyclic amines) is 1. The topological polar surface area (TPSA) is 92.8 Å². The summed E-state index contributed by atoms with van der Waals surface area (Å²) in [7, 11) is 0. The predicted molar refractivity (Wildman–Crippen MR) is 121 cm³/mol. The Morgan fingerprint density at radius 3 is 2.32 bits per heavy atom. The summed E-state index contributed by atoms with van der Waals surface area (Å²) in [4.78, 5) is 51.2. The zero-order valence-corrected chi connectivity index (χ0v) is 20.7. The van der Waals surface area contributed by atoms with Gasteiger partial charge in [-0.1, -0.05) is 55.1 Å².